The van der Waals surface area contributed by atoms with Crippen molar-refractivity contribution in [3.63, 3.8) is 0 Å². The lowest BCUT2D eigenvalue weighted by atomic mass is 10.1. The summed E-state index contributed by atoms with van der Waals surface area (Å²) in [6, 6.07) is 8.51. The lowest BCUT2D eigenvalue weighted by Crippen LogP contribution is -2.26. The van der Waals surface area contributed by atoms with Gasteiger partial charge in [-0.25, -0.2) is 17.5 Å². The van der Waals surface area contributed by atoms with Gasteiger partial charge in [0, 0.05) is 17.3 Å². The Kier molecular flexibility index (Phi) is 4.62. The molecule has 5 nitrogen and oxygen atoms in total. The summed E-state index contributed by atoms with van der Waals surface area (Å²) in [4.78, 5) is 12.6. The molecule has 2 aromatic carbocycles. The zero-order valence-electron chi connectivity index (χ0n) is 14.0. The monoisotopic (exact) mass is 362 g/mol. The molecule has 0 atom stereocenters. The van der Waals surface area contributed by atoms with E-state index in [1.54, 1.807) is 19.9 Å². The number of rotatable bonds is 5. The number of hydrogen-bond donors (Lipinski definition) is 2. The summed E-state index contributed by atoms with van der Waals surface area (Å²) in [5, 5.41) is 2.71. The number of carbonyl (C=O) groups is 1. The minimum atomic E-state index is -3.64. The van der Waals surface area contributed by atoms with Gasteiger partial charge in [0.2, 0.25) is 10.0 Å². The second-order valence-electron chi connectivity index (χ2n) is 6.29. The third kappa shape index (κ3) is 4.05. The van der Waals surface area contributed by atoms with Crippen LogP contribution in [0.25, 0.3) is 0 Å². The zero-order chi connectivity index (χ0) is 18.2. The maximum atomic E-state index is 13.2. The quantitative estimate of drug-likeness (QED) is 0.858. The molecule has 0 aromatic heterocycles. The fraction of sp³-hybridized carbons (Fsp3) is 0.278. The van der Waals surface area contributed by atoms with Crippen LogP contribution in [0.5, 0.6) is 0 Å². The van der Waals surface area contributed by atoms with Gasteiger partial charge < -0.3 is 5.32 Å². The number of hydrogen-bond acceptors (Lipinski definition) is 3. The second-order valence-corrected chi connectivity index (χ2v) is 8.00. The van der Waals surface area contributed by atoms with Crippen molar-refractivity contribution in [2.45, 2.75) is 37.6 Å². The Morgan fingerprint density at radius 3 is 2.44 bits per heavy atom. The number of benzene rings is 2. The van der Waals surface area contributed by atoms with Crippen molar-refractivity contribution in [1.29, 1.82) is 0 Å². The van der Waals surface area contributed by atoms with E-state index < -0.39 is 15.9 Å². The first-order chi connectivity index (χ1) is 11.8. The highest BCUT2D eigenvalue weighted by Crippen LogP contribution is 2.24. The van der Waals surface area contributed by atoms with Crippen molar-refractivity contribution in [1.82, 2.24) is 4.72 Å². The molecule has 1 aliphatic rings. The molecule has 1 aliphatic carbocycles. The average Bonchev–Trinajstić information content (AvgIpc) is 3.33. The van der Waals surface area contributed by atoms with E-state index >= 15 is 0 Å². The van der Waals surface area contributed by atoms with Gasteiger partial charge in [-0.2, -0.15) is 0 Å². The van der Waals surface area contributed by atoms with Crippen molar-refractivity contribution in [2.75, 3.05) is 5.32 Å². The van der Waals surface area contributed by atoms with E-state index in [9.17, 15) is 17.6 Å². The highest BCUT2D eigenvalue weighted by molar-refractivity contribution is 7.89. The van der Waals surface area contributed by atoms with Gasteiger partial charge in [-0.1, -0.05) is 6.07 Å². The standard InChI is InChI=1S/C18H19FN2O3S/c1-11-3-7-15(25(23,24)21-14-5-6-14)10-16(11)18(22)20-17-8-4-13(19)9-12(17)2/h3-4,7-10,14,21H,5-6H2,1-2H3,(H,20,22). The molecule has 132 valence electrons. The molecular formula is C18H19FN2O3S. The van der Waals surface area contributed by atoms with Crippen molar-refractivity contribution in [3.05, 3.63) is 58.9 Å². The van der Waals surface area contributed by atoms with E-state index in [4.69, 9.17) is 0 Å². The number of aryl methyl sites for hydroxylation is 2. The first-order valence-electron chi connectivity index (χ1n) is 7.97. The number of halogens is 1. The van der Waals surface area contributed by atoms with Gasteiger partial charge in [-0.05, 0) is 68.1 Å². The Morgan fingerprint density at radius 1 is 1.08 bits per heavy atom. The first-order valence-corrected chi connectivity index (χ1v) is 9.45. The lowest BCUT2D eigenvalue weighted by Gasteiger charge is -2.12. The molecule has 7 heteroatoms. The largest absolute Gasteiger partial charge is 0.322 e. The molecule has 2 aromatic rings. The summed E-state index contributed by atoms with van der Waals surface area (Å²) in [7, 11) is -3.64. The Morgan fingerprint density at radius 2 is 1.80 bits per heavy atom. The smallest absolute Gasteiger partial charge is 0.255 e. The van der Waals surface area contributed by atoms with Crippen LogP contribution >= 0.6 is 0 Å². The van der Waals surface area contributed by atoms with Crippen LogP contribution in [0.2, 0.25) is 0 Å². The number of sulfonamides is 1. The third-order valence-electron chi connectivity index (χ3n) is 4.10. The summed E-state index contributed by atoms with van der Waals surface area (Å²) in [6.07, 6.45) is 1.67. The van der Waals surface area contributed by atoms with E-state index in [0.29, 0.717) is 16.8 Å². The molecule has 25 heavy (non-hydrogen) atoms. The Labute approximate surface area is 146 Å². The summed E-state index contributed by atoms with van der Waals surface area (Å²) >= 11 is 0. The minimum Gasteiger partial charge on any atom is -0.322 e. The van der Waals surface area contributed by atoms with E-state index in [-0.39, 0.29) is 22.3 Å². The van der Waals surface area contributed by atoms with Crippen molar-refractivity contribution >= 4 is 21.6 Å². The summed E-state index contributed by atoms with van der Waals surface area (Å²) in [5.74, 6) is -0.818. The topological polar surface area (TPSA) is 75.3 Å². The number of anilines is 1. The van der Waals surface area contributed by atoms with Crippen LogP contribution in [0.15, 0.2) is 41.3 Å². The molecule has 1 saturated carbocycles. The van der Waals surface area contributed by atoms with E-state index in [0.717, 1.165) is 12.8 Å². The summed E-state index contributed by atoms with van der Waals surface area (Å²) in [5.41, 5.74) is 1.99. The summed E-state index contributed by atoms with van der Waals surface area (Å²) < 4.78 is 40.4. The number of nitrogens with one attached hydrogen (secondary N) is 2. The molecule has 0 radical (unpaired) electrons. The predicted molar refractivity (Wildman–Crippen MR) is 93.6 cm³/mol. The van der Waals surface area contributed by atoms with E-state index in [2.05, 4.69) is 10.0 Å². The van der Waals surface area contributed by atoms with Gasteiger partial charge in [0.15, 0.2) is 0 Å². The van der Waals surface area contributed by atoms with Crippen LogP contribution in [0.1, 0.15) is 34.3 Å². The molecule has 1 fully saturated rings. The van der Waals surface area contributed by atoms with Crippen molar-refractivity contribution < 1.29 is 17.6 Å². The second kappa shape index (κ2) is 6.57. The molecular weight excluding hydrogens is 343 g/mol. The molecule has 0 aliphatic heterocycles. The predicted octanol–water partition coefficient (Wildman–Crippen LogP) is 3.14. The van der Waals surface area contributed by atoms with Crippen LogP contribution < -0.4 is 10.0 Å². The molecule has 2 N–H and O–H groups in total. The first kappa shape index (κ1) is 17.6. The Balaban J connectivity index is 1.88. The van der Waals surface area contributed by atoms with Gasteiger partial charge in [0.25, 0.3) is 5.91 Å². The zero-order valence-corrected chi connectivity index (χ0v) is 14.8. The van der Waals surface area contributed by atoms with Crippen LogP contribution in [-0.4, -0.2) is 20.4 Å². The van der Waals surface area contributed by atoms with E-state index in [1.165, 1.54) is 30.3 Å². The highest BCUT2D eigenvalue weighted by atomic mass is 32.2. The van der Waals surface area contributed by atoms with Gasteiger partial charge in [0.1, 0.15) is 5.82 Å². The minimum absolute atomic E-state index is 0.00885. The lowest BCUT2D eigenvalue weighted by molar-refractivity contribution is 0.102. The average molecular weight is 362 g/mol. The fourth-order valence-electron chi connectivity index (χ4n) is 2.46. The van der Waals surface area contributed by atoms with E-state index in [1.807, 2.05) is 0 Å². The van der Waals surface area contributed by atoms with Gasteiger partial charge in [-0.3, -0.25) is 4.79 Å². The van der Waals surface area contributed by atoms with Gasteiger partial charge >= 0.3 is 0 Å². The van der Waals surface area contributed by atoms with Crippen LogP contribution in [0.3, 0.4) is 0 Å². The third-order valence-corrected chi connectivity index (χ3v) is 5.62. The SMILES string of the molecule is Cc1cc(F)ccc1NC(=O)c1cc(S(=O)(=O)NC2CC2)ccc1C. The Hall–Kier alpha value is -2.25. The molecule has 1 amide bonds. The van der Waals surface area contributed by atoms with Crippen LogP contribution in [0, 0.1) is 19.7 Å². The van der Waals surface area contributed by atoms with Gasteiger partial charge in [-0.15, -0.1) is 0 Å². The maximum absolute atomic E-state index is 13.2. The molecule has 3 rings (SSSR count). The van der Waals surface area contributed by atoms with Crippen LogP contribution in [0.4, 0.5) is 10.1 Å². The molecule has 0 saturated heterocycles. The Bertz CT molecular complexity index is 937. The molecule has 0 heterocycles. The van der Waals surface area contributed by atoms with Crippen molar-refractivity contribution in [3.8, 4) is 0 Å². The fourth-order valence-corrected chi connectivity index (χ4v) is 3.79. The summed E-state index contributed by atoms with van der Waals surface area (Å²) in [6.45, 7) is 3.42. The number of carbonyl (C=O) groups excluding carboxylic acids is 1. The molecule has 0 unspecified atom stereocenters. The van der Waals surface area contributed by atoms with Crippen molar-refractivity contribution in [2.24, 2.45) is 0 Å². The molecule has 0 spiro atoms. The normalized spacial score (nSPS) is 14.4. The number of amides is 1. The highest BCUT2D eigenvalue weighted by Gasteiger charge is 2.28. The van der Waals surface area contributed by atoms with Gasteiger partial charge in [0.05, 0.1) is 4.90 Å². The maximum Gasteiger partial charge on any atom is 0.255 e. The molecule has 0 bridgehead atoms. The van der Waals surface area contributed by atoms with Crippen LogP contribution in [-0.2, 0) is 10.0 Å².